The lowest BCUT2D eigenvalue weighted by Gasteiger charge is -2.11. The molecular weight excluding hydrogens is 261 g/mol. The quantitative estimate of drug-likeness (QED) is 0.931. The first-order valence-corrected chi connectivity index (χ1v) is 5.68. The second-order valence-electron chi connectivity index (χ2n) is 4.00. The molecule has 5 heteroatoms. The van der Waals surface area contributed by atoms with E-state index in [-0.39, 0.29) is 22.4 Å². The molecule has 1 N–H and O–H groups in total. The van der Waals surface area contributed by atoms with E-state index in [0.29, 0.717) is 5.56 Å². The molecule has 0 amide bonds. The molecule has 0 saturated heterocycles. The van der Waals surface area contributed by atoms with Crippen LogP contribution in [0.1, 0.15) is 15.9 Å². The molecule has 20 heavy (non-hydrogen) atoms. The van der Waals surface area contributed by atoms with Gasteiger partial charge in [0.05, 0.1) is 18.2 Å². The number of benzene rings is 2. The molecule has 0 aromatic heterocycles. The zero-order valence-electron chi connectivity index (χ0n) is 10.6. The maximum atomic E-state index is 14.1. The molecule has 0 unspecified atom stereocenters. The van der Waals surface area contributed by atoms with Crippen molar-refractivity contribution in [3.63, 3.8) is 0 Å². The largest absolute Gasteiger partial charge is 0.496 e. The SMILES string of the molecule is COc1cc(C(=O)O)ccc1-c1cccc(C#N)c1F. The highest BCUT2D eigenvalue weighted by molar-refractivity contribution is 5.89. The number of aromatic carboxylic acids is 1. The first-order chi connectivity index (χ1) is 9.58. The lowest BCUT2D eigenvalue weighted by molar-refractivity contribution is 0.0696. The van der Waals surface area contributed by atoms with Crippen LogP contribution >= 0.6 is 0 Å². The summed E-state index contributed by atoms with van der Waals surface area (Å²) < 4.78 is 19.2. The molecule has 0 bridgehead atoms. The number of carbonyl (C=O) groups is 1. The maximum Gasteiger partial charge on any atom is 0.335 e. The summed E-state index contributed by atoms with van der Waals surface area (Å²) >= 11 is 0. The van der Waals surface area contributed by atoms with Crippen molar-refractivity contribution in [2.45, 2.75) is 0 Å². The summed E-state index contributed by atoms with van der Waals surface area (Å²) in [5, 5.41) is 17.8. The third-order valence-corrected chi connectivity index (χ3v) is 2.86. The fourth-order valence-electron chi connectivity index (χ4n) is 1.87. The molecule has 0 radical (unpaired) electrons. The van der Waals surface area contributed by atoms with E-state index < -0.39 is 11.8 Å². The Bertz CT molecular complexity index is 720. The first kappa shape index (κ1) is 13.6. The molecule has 0 aliphatic rings. The smallest absolute Gasteiger partial charge is 0.335 e. The number of halogens is 1. The standard InChI is InChI=1S/C15H10FNO3/c1-20-13-7-9(15(18)19)5-6-11(13)12-4-2-3-10(8-17)14(12)16/h2-7H,1H3,(H,18,19). The molecule has 100 valence electrons. The minimum atomic E-state index is -1.10. The third kappa shape index (κ3) is 2.31. The summed E-state index contributed by atoms with van der Waals surface area (Å²) in [5.41, 5.74) is 0.555. The van der Waals surface area contributed by atoms with Gasteiger partial charge in [0.2, 0.25) is 0 Å². The van der Waals surface area contributed by atoms with E-state index in [1.165, 1.54) is 37.4 Å². The number of hydrogen-bond donors (Lipinski definition) is 1. The van der Waals surface area contributed by atoms with Crippen molar-refractivity contribution < 1.29 is 19.0 Å². The molecule has 2 aromatic rings. The van der Waals surface area contributed by atoms with Gasteiger partial charge in [-0.05, 0) is 24.3 Å². The van der Waals surface area contributed by atoms with Gasteiger partial charge in [-0.15, -0.1) is 0 Å². The Morgan fingerprint density at radius 3 is 2.65 bits per heavy atom. The lowest BCUT2D eigenvalue weighted by atomic mass is 10.00. The van der Waals surface area contributed by atoms with E-state index in [2.05, 4.69) is 0 Å². The summed E-state index contributed by atoms with van der Waals surface area (Å²) in [4.78, 5) is 10.9. The molecule has 0 fully saturated rings. The number of carboxylic acids is 1. The van der Waals surface area contributed by atoms with Crippen molar-refractivity contribution in [3.05, 3.63) is 53.3 Å². The highest BCUT2D eigenvalue weighted by atomic mass is 19.1. The highest BCUT2D eigenvalue weighted by Crippen LogP contribution is 2.33. The zero-order valence-corrected chi connectivity index (χ0v) is 10.6. The van der Waals surface area contributed by atoms with Gasteiger partial charge in [-0.25, -0.2) is 9.18 Å². The van der Waals surface area contributed by atoms with Crippen LogP contribution < -0.4 is 4.74 Å². The van der Waals surface area contributed by atoms with E-state index in [4.69, 9.17) is 15.1 Å². The topological polar surface area (TPSA) is 70.3 Å². The van der Waals surface area contributed by atoms with Crippen molar-refractivity contribution in [3.8, 4) is 22.9 Å². The Morgan fingerprint density at radius 1 is 1.30 bits per heavy atom. The van der Waals surface area contributed by atoms with Crippen LogP contribution in [0.2, 0.25) is 0 Å². The molecule has 0 aliphatic carbocycles. The van der Waals surface area contributed by atoms with Gasteiger partial charge in [-0.3, -0.25) is 0 Å². The fraction of sp³-hybridized carbons (Fsp3) is 0.0667. The van der Waals surface area contributed by atoms with Crippen molar-refractivity contribution >= 4 is 5.97 Å². The van der Waals surface area contributed by atoms with Crippen molar-refractivity contribution in [1.82, 2.24) is 0 Å². The zero-order chi connectivity index (χ0) is 14.7. The maximum absolute atomic E-state index is 14.1. The van der Waals surface area contributed by atoms with Crippen LogP contribution in [0.5, 0.6) is 5.75 Å². The van der Waals surface area contributed by atoms with Gasteiger partial charge in [0, 0.05) is 11.1 Å². The summed E-state index contributed by atoms with van der Waals surface area (Å²) in [7, 11) is 1.37. The number of carboxylic acid groups (broad SMARTS) is 1. The molecule has 0 atom stereocenters. The average Bonchev–Trinajstić information content (AvgIpc) is 2.47. The summed E-state index contributed by atoms with van der Waals surface area (Å²) in [6, 6.07) is 10.3. The molecular formula is C15H10FNO3. The summed E-state index contributed by atoms with van der Waals surface area (Å²) in [6.07, 6.45) is 0. The Morgan fingerprint density at radius 2 is 2.05 bits per heavy atom. The molecule has 4 nitrogen and oxygen atoms in total. The number of nitrogens with zero attached hydrogens (tertiary/aromatic N) is 1. The molecule has 0 saturated carbocycles. The van der Waals surface area contributed by atoms with Gasteiger partial charge in [-0.2, -0.15) is 5.26 Å². The Kier molecular flexibility index (Phi) is 3.67. The molecule has 2 rings (SSSR count). The van der Waals surface area contributed by atoms with E-state index >= 15 is 0 Å². The minimum absolute atomic E-state index is 0.0439. The fourth-order valence-corrected chi connectivity index (χ4v) is 1.87. The van der Waals surface area contributed by atoms with Crippen LogP contribution in [0.3, 0.4) is 0 Å². The third-order valence-electron chi connectivity index (χ3n) is 2.86. The first-order valence-electron chi connectivity index (χ1n) is 5.68. The van der Waals surface area contributed by atoms with Gasteiger partial charge in [0.1, 0.15) is 17.6 Å². The second-order valence-corrected chi connectivity index (χ2v) is 4.00. The predicted octanol–water partition coefficient (Wildman–Crippen LogP) is 3.07. The Labute approximate surface area is 114 Å². The molecule has 2 aromatic carbocycles. The average molecular weight is 271 g/mol. The number of hydrogen-bond acceptors (Lipinski definition) is 3. The van der Waals surface area contributed by atoms with E-state index in [0.717, 1.165) is 0 Å². The van der Waals surface area contributed by atoms with Gasteiger partial charge in [0.15, 0.2) is 0 Å². The van der Waals surface area contributed by atoms with E-state index in [1.807, 2.05) is 0 Å². The monoisotopic (exact) mass is 271 g/mol. The van der Waals surface area contributed by atoms with E-state index in [1.54, 1.807) is 12.1 Å². The van der Waals surface area contributed by atoms with Crippen LogP contribution in [0.25, 0.3) is 11.1 Å². The highest BCUT2D eigenvalue weighted by Gasteiger charge is 2.15. The van der Waals surface area contributed by atoms with Crippen molar-refractivity contribution in [1.29, 1.82) is 5.26 Å². The summed E-state index contributed by atoms with van der Waals surface area (Å²) in [6.45, 7) is 0. The van der Waals surface area contributed by atoms with Crippen LogP contribution in [-0.4, -0.2) is 18.2 Å². The van der Waals surface area contributed by atoms with Gasteiger partial charge in [0.25, 0.3) is 0 Å². The number of rotatable bonds is 3. The van der Waals surface area contributed by atoms with Gasteiger partial charge >= 0.3 is 5.97 Å². The van der Waals surface area contributed by atoms with Crippen LogP contribution in [0.4, 0.5) is 4.39 Å². The number of methoxy groups -OCH3 is 1. The number of nitriles is 1. The molecule has 0 heterocycles. The molecule has 0 spiro atoms. The second kappa shape index (κ2) is 5.41. The van der Waals surface area contributed by atoms with Crippen LogP contribution in [0, 0.1) is 17.1 Å². The van der Waals surface area contributed by atoms with Gasteiger partial charge < -0.3 is 9.84 Å². The van der Waals surface area contributed by atoms with Crippen LogP contribution in [-0.2, 0) is 0 Å². The van der Waals surface area contributed by atoms with Crippen molar-refractivity contribution in [2.75, 3.05) is 7.11 Å². The number of ether oxygens (including phenoxy) is 1. The van der Waals surface area contributed by atoms with E-state index in [9.17, 15) is 9.18 Å². The molecule has 0 aliphatic heterocycles. The van der Waals surface area contributed by atoms with Crippen molar-refractivity contribution in [2.24, 2.45) is 0 Å². The Hall–Kier alpha value is -2.87. The van der Waals surface area contributed by atoms with Gasteiger partial charge in [-0.1, -0.05) is 12.1 Å². The Balaban J connectivity index is 2.65. The summed E-state index contributed by atoms with van der Waals surface area (Å²) in [5.74, 6) is -1.52. The minimum Gasteiger partial charge on any atom is -0.496 e. The lowest BCUT2D eigenvalue weighted by Crippen LogP contribution is -1.99. The predicted molar refractivity (Wildman–Crippen MR) is 70.1 cm³/mol. The van der Waals surface area contributed by atoms with Crippen LogP contribution in [0.15, 0.2) is 36.4 Å². The normalized spacial score (nSPS) is 9.85.